The van der Waals surface area contributed by atoms with Gasteiger partial charge < -0.3 is 15.3 Å². The van der Waals surface area contributed by atoms with E-state index in [9.17, 15) is 14.7 Å². The maximum Gasteiger partial charge on any atom is 0.238 e. The van der Waals surface area contributed by atoms with Crippen LogP contribution in [0.5, 0.6) is 5.75 Å². The fourth-order valence-corrected chi connectivity index (χ4v) is 3.86. The second-order valence-corrected chi connectivity index (χ2v) is 7.95. The van der Waals surface area contributed by atoms with Gasteiger partial charge >= 0.3 is 0 Å². The summed E-state index contributed by atoms with van der Waals surface area (Å²) in [5.74, 6) is 0.414. The number of amides is 2. The van der Waals surface area contributed by atoms with Crippen molar-refractivity contribution in [3.05, 3.63) is 59.2 Å². The molecule has 1 saturated heterocycles. The number of nitrogens with zero attached hydrogens (tertiary/aromatic N) is 2. The van der Waals surface area contributed by atoms with Gasteiger partial charge in [-0.1, -0.05) is 36.4 Å². The molecule has 6 nitrogen and oxygen atoms in total. The molecule has 0 aromatic heterocycles. The first kappa shape index (κ1) is 21.8. The first-order valence-corrected chi connectivity index (χ1v) is 10.6. The third kappa shape index (κ3) is 5.83. The van der Waals surface area contributed by atoms with Crippen molar-refractivity contribution in [2.24, 2.45) is 0 Å². The van der Waals surface area contributed by atoms with Crippen molar-refractivity contribution in [1.29, 1.82) is 0 Å². The summed E-state index contributed by atoms with van der Waals surface area (Å²) >= 11 is 0. The van der Waals surface area contributed by atoms with Crippen LogP contribution < -0.4 is 5.32 Å². The average molecular weight is 410 g/mol. The zero-order valence-corrected chi connectivity index (χ0v) is 17.9. The van der Waals surface area contributed by atoms with Crippen LogP contribution in [0.25, 0.3) is 0 Å². The lowest BCUT2D eigenvalue weighted by Gasteiger charge is -2.34. The predicted octanol–water partition coefficient (Wildman–Crippen LogP) is 3.11. The zero-order valence-electron chi connectivity index (χ0n) is 17.9. The minimum absolute atomic E-state index is 0.0187. The minimum atomic E-state index is -0.0187. The van der Waals surface area contributed by atoms with Gasteiger partial charge in [-0.25, -0.2) is 0 Å². The van der Waals surface area contributed by atoms with Crippen molar-refractivity contribution < 1.29 is 14.7 Å². The van der Waals surface area contributed by atoms with Gasteiger partial charge in [0.25, 0.3) is 0 Å². The third-order valence-corrected chi connectivity index (χ3v) is 5.67. The molecule has 1 aliphatic rings. The lowest BCUT2D eigenvalue weighted by Crippen LogP contribution is -2.50. The molecular formula is C24H31N3O3. The molecule has 0 radical (unpaired) electrons. The number of carbonyl (C=O) groups is 2. The number of aryl methyl sites for hydroxylation is 3. The monoisotopic (exact) mass is 409 g/mol. The number of aromatic hydroxyl groups is 1. The van der Waals surface area contributed by atoms with Crippen LogP contribution in [0.1, 0.15) is 29.5 Å². The lowest BCUT2D eigenvalue weighted by atomic mass is 10.1. The number of hydrogen-bond acceptors (Lipinski definition) is 4. The van der Waals surface area contributed by atoms with Crippen LogP contribution in [0.15, 0.2) is 42.5 Å². The highest BCUT2D eigenvalue weighted by atomic mass is 16.3. The SMILES string of the molecule is Cc1cccc(C)c1NC(=O)CN1CCN(C(=O)CCCc2ccccc2O)CC1. The summed E-state index contributed by atoms with van der Waals surface area (Å²) in [6.45, 7) is 7.01. The maximum atomic E-state index is 12.5. The van der Waals surface area contributed by atoms with Crippen LogP contribution in [-0.2, 0) is 16.0 Å². The van der Waals surface area contributed by atoms with Crippen molar-refractivity contribution in [2.45, 2.75) is 33.1 Å². The fraction of sp³-hybridized carbons (Fsp3) is 0.417. The summed E-state index contributed by atoms with van der Waals surface area (Å²) in [7, 11) is 0. The van der Waals surface area contributed by atoms with Crippen LogP contribution in [0.3, 0.4) is 0 Å². The van der Waals surface area contributed by atoms with Crippen molar-refractivity contribution in [3.63, 3.8) is 0 Å². The third-order valence-electron chi connectivity index (χ3n) is 5.67. The molecule has 2 aromatic carbocycles. The molecule has 0 aliphatic carbocycles. The molecule has 0 unspecified atom stereocenters. The molecule has 160 valence electrons. The van der Waals surface area contributed by atoms with Gasteiger partial charge in [-0.3, -0.25) is 14.5 Å². The Morgan fingerprint density at radius 1 is 0.967 bits per heavy atom. The van der Waals surface area contributed by atoms with E-state index in [0.29, 0.717) is 45.6 Å². The summed E-state index contributed by atoms with van der Waals surface area (Å²) in [6, 6.07) is 13.2. The number of benzene rings is 2. The Labute approximate surface area is 178 Å². The first-order chi connectivity index (χ1) is 14.4. The Hall–Kier alpha value is -2.86. The van der Waals surface area contributed by atoms with E-state index in [0.717, 1.165) is 28.8 Å². The standard InChI is InChI=1S/C24H31N3O3/c1-18-7-5-8-19(2)24(18)25-22(29)17-26-13-15-27(16-14-26)23(30)12-6-10-20-9-3-4-11-21(20)28/h3-5,7-9,11,28H,6,10,12-17H2,1-2H3,(H,25,29). The van der Waals surface area contributed by atoms with E-state index in [2.05, 4.69) is 10.2 Å². The molecule has 6 heteroatoms. The van der Waals surface area contributed by atoms with E-state index in [1.54, 1.807) is 12.1 Å². The lowest BCUT2D eigenvalue weighted by molar-refractivity contribution is -0.133. The molecule has 30 heavy (non-hydrogen) atoms. The Kier molecular flexibility index (Phi) is 7.46. The largest absolute Gasteiger partial charge is 0.508 e. The summed E-state index contributed by atoms with van der Waals surface area (Å²) < 4.78 is 0. The quantitative estimate of drug-likeness (QED) is 0.737. The van der Waals surface area contributed by atoms with E-state index in [1.165, 1.54) is 0 Å². The van der Waals surface area contributed by atoms with Crippen LogP contribution in [0.4, 0.5) is 5.69 Å². The van der Waals surface area contributed by atoms with Crippen LogP contribution in [-0.4, -0.2) is 59.4 Å². The molecule has 1 heterocycles. The number of nitrogens with one attached hydrogen (secondary N) is 1. The van der Waals surface area contributed by atoms with Gasteiger partial charge in [0.05, 0.1) is 6.54 Å². The summed E-state index contributed by atoms with van der Waals surface area (Å²) in [5, 5.41) is 12.8. The van der Waals surface area contributed by atoms with E-state index in [-0.39, 0.29) is 17.6 Å². The highest BCUT2D eigenvalue weighted by Crippen LogP contribution is 2.20. The van der Waals surface area contributed by atoms with Gasteiger partial charge in [-0.2, -0.15) is 0 Å². The normalized spacial score (nSPS) is 14.5. The Morgan fingerprint density at radius 2 is 1.63 bits per heavy atom. The van der Waals surface area contributed by atoms with Crippen LogP contribution >= 0.6 is 0 Å². The van der Waals surface area contributed by atoms with E-state index >= 15 is 0 Å². The molecule has 2 aromatic rings. The topological polar surface area (TPSA) is 72.9 Å². The summed E-state index contributed by atoms with van der Waals surface area (Å²) in [4.78, 5) is 28.9. The molecule has 2 N–H and O–H groups in total. The number of phenolic OH excluding ortho intramolecular Hbond substituents is 1. The molecule has 0 bridgehead atoms. The number of para-hydroxylation sites is 2. The average Bonchev–Trinajstić information content (AvgIpc) is 2.73. The number of anilines is 1. The van der Waals surface area contributed by atoms with Gasteiger partial charge in [0, 0.05) is 38.3 Å². The van der Waals surface area contributed by atoms with Crippen LogP contribution in [0, 0.1) is 13.8 Å². The molecular weight excluding hydrogens is 378 g/mol. The number of phenols is 1. The smallest absolute Gasteiger partial charge is 0.238 e. The molecule has 0 spiro atoms. The Balaban J connectivity index is 1.39. The highest BCUT2D eigenvalue weighted by molar-refractivity contribution is 5.93. The molecule has 2 amide bonds. The van der Waals surface area contributed by atoms with Gasteiger partial charge in [-0.15, -0.1) is 0 Å². The van der Waals surface area contributed by atoms with E-state index in [1.807, 2.05) is 49.1 Å². The highest BCUT2D eigenvalue weighted by Gasteiger charge is 2.22. The number of piperazine rings is 1. The summed E-state index contributed by atoms with van der Waals surface area (Å²) in [5.41, 5.74) is 3.89. The Bertz CT molecular complexity index is 869. The van der Waals surface area contributed by atoms with Gasteiger partial charge in [0.15, 0.2) is 0 Å². The van der Waals surface area contributed by atoms with Gasteiger partial charge in [-0.05, 0) is 49.4 Å². The van der Waals surface area contributed by atoms with E-state index < -0.39 is 0 Å². The Morgan fingerprint density at radius 3 is 2.30 bits per heavy atom. The van der Waals surface area contributed by atoms with Crippen molar-refractivity contribution in [2.75, 3.05) is 38.0 Å². The summed E-state index contributed by atoms with van der Waals surface area (Å²) in [6.07, 6.45) is 1.88. The maximum absolute atomic E-state index is 12.5. The number of hydrogen-bond donors (Lipinski definition) is 2. The number of carbonyl (C=O) groups excluding carboxylic acids is 2. The van der Waals surface area contributed by atoms with Gasteiger partial charge in [0.1, 0.15) is 5.75 Å². The van der Waals surface area contributed by atoms with Crippen molar-refractivity contribution >= 4 is 17.5 Å². The van der Waals surface area contributed by atoms with E-state index in [4.69, 9.17) is 0 Å². The zero-order chi connectivity index (χ0) is 21.5. The van der Waals surface area contributed by atoms with Crippen molar-refractivity contribution in [3.8, 4) is 5.75 Å². The van der Waals surface area contributed by atoms with Crippen molar-refractivity contribution in [1.82, 2.24) is 9.80 Å². The molecule has 1 fully saturated rings. The predicted molar refractivity (Wildman–Crippen MR) is 119 cm³/mol. The first-order valence-electron chi connectivity index (χ1n) is 10.6. The second-order valence-electron chi connectivity index (χ2n) is 7.95. The molecule has 0 atom stereocenters. The fourth-order valence-electron chi connectivity index (χ4n) is 3.86. The second kappa shape index (κ2) is 10.3. The van der Waals surface area contributed by atoms with Gasteiger partial charge in [0.2, 0.25) is 11.8 Å². The molecule has 1 aliphatic heterocycles. The molecule has 3 rings (SSSR count). The minimum Gasteiger partial charge on any atom is -0.508 e. The number of rotatable bonds is 7. The van der Waals surface area contributed by atoms with Crippen LogP contribution in [0.2, 0.25) is 0 Å². The molecule has 0 saturated carbocycles.